The van der Waals surface area contributed by atoms with Crippen molar-refractivity contribution in [3.63, 3.8) is 0 Å². The van der Waals surface area contributed by atoms with Crippen molar-refractivity contribution in [2.45, 2.75) is 13.3 Å². The zero-order valence-corrected chi connectivity index (χ0v) is 12.8. The molecule has 2 N–H and O–H groups in total. The van der Waals surface area contributed by atoms with Crippen molar-refractivity contribution in [2.75, 3.05) is 19.7 Å². The minimum Gasteiger partial charge on any atom is -0.492 e. The molecule has 0 bridgehead atoms. The molecule has 0 unspecified atom stereocenters. The average Bonchev–Trinajstić information content (AvgIpc) is 2.53. The van der Waals surface area contributed by atoms with Crippen LogP contribution in [0.3, 0.4) is 0 Å². The molecular weight excluding hydrogens is 276 g/mol. The van der Waals surface area contributed by atoms with E-state index in [1.165, 1.54) is 5.56 Å². The van der Waals surface area contributed by atoms with Crippen molar-refractivity contribution in [3.8, 4) is 5.75 Å². The summed E-state index contributed by atoms with van der Waals surface area (Å²) >= 11 is 0. The van der Waals surface area contributed by atoms with Crippen molar-refractivity contribution >= 4 is 6.03 Å². The van der Waals surface area contributed by atoms with E-state index < -0.39 is 0 Å². The number of amides is 2. The van der Waals surface area contributed by atoms with Crippen LogP contribution in [0, 0.1) is 6.92 Å². The number of nitrogens with one attached hydrogen (secondary N) is 2. The van der Waals surface area contributed by atoms with E-state index in [1.807, 2.05) is 49.4 Å². The van der Waals surface area contributed by atoms with Gasteiger partial charge < -0.3 is 15.4 Å². The SMILES string of the molecule is Cc1cccc(OCCNC(=O)NCCc2ccccc2)c1. The first-order valence-corrected chi connectivity index (χ1v) is 7.49. The van der Waals surface area contributed by atoms with Crippen LogP contribution in [-0.4, -0.2) is 25.7 Å². The molecule has 4 heteroatoms. The minimum absolute atomic E-state index is 0.163. The molecule has 0 aromatic heterocycles. The van der Waals surface area contributed by atoms with E-state index in [-0.39, 0.29) is 6.03 Å². The fourth-order valence-electron chi connectivity index (χ4n) is 2.07. The summed E-state index contributed by atoms with van der Waals surface area (Å²) in [5.41, 5.74) is 2.37. The van der Waals surface area contributed by atoms with E-state index in [1.54, 1.807) is 0 Å². The zero-order valence-electron chi connectivity index (χ0n) is 12.8. The highest BCUT2D eigenvalue weighted by Gasteiger charge is 2.00. The Balaban J connectivity index is 1.56. The highest BCUT2D eigenvalue weighted by atomic mass is 16.5. The summed E-state index contributed by atoms with van der Waals surface area (Å²) in [5.74, 6) is 0.825. The smallest absolute Gasteiger partial charge is 0.314 e. The van der Waals surface area contributed by atoms with Crippen LogP contribution < -0.4 is 15.4 Å². The quantitative estimate of drug-likeness (QED) is 0.772. The molecule has 0 fully saturated rings. The van der Waals surface area contributed by atoms with Gasteiger partial charge in [0.15, 0.2) is 0 Å². The van der Waals surface area contributed by atoms with Gasteiger partial charge in [0.2, 0.25) is 0 Å². The van der Waals surface area contributed by atoms with Crippen molar-refractivity contribution in [3.05, 3.63) is 65.7 Å². The first-order chi connectivity index (χ1) is 10.7. The lowest BCUT2D eigenvalue weighted by Gasteiger charge is -2.09. The van der Waals surface area contributed by atoms with Crippen LogP contribution in [0.25, 0.3) is 0 Å². The second kappa shape index (κ2) is 8.72. The maximum atomic E-state index is 11.6. The lowest BCUT2D eigenvalue weighted by molar-refractivity contribution is 0.236. The van der Waals surface area contributed by atoms with E-state index in [9.17, 15) is 4.79 Å². The third-order valence-corrected chi connectivity index (χ3v) is 3.19. The maximum absolute atomic E-state index is 11.6. The van der Waals surface area contributed by atoms with Gasteiger partial charge in [-0.25, -0.2) is 4.79 Å². The molecule has 0 aliphatic heterocycles. The standard InChI is InChI=1S/C18H22N2O2/c1-15-6-5-9-17(14-15)22-13-12-20-18(21)19-11-10-16-7-3-2-4-8-16/h2-9,14H,10-13H2,1H3,(H2,19,20,21). The first-order valence-electron chi connectivity index (χ1n) is 7.49. The lowest BCUT2D eigenvalue weighted by atomic mass is 10.1. The van der Waals surface area contributed by atoms with Gasteiger partial charge in [0.1, 0.15) is 12.4 Å². The van der Waals surface area contributed by atoms with E-state index in [0.717, 1.165) is 17.7 Å². The van der Waals surface area contributed by atoms with Gasteiger partial charge in [-0.1, -0.05) is 42.5 Å². The number of carbonyl (C=O) groups is 1. The van der Waals surface area contributed by atoms with Gasteiger partial charge in [-0.2, -0.15) is 0 Å². The molecule has 2 rings (SSSR count). The number of urea groups is 1. The largest absolute Gasteiger partial charge is 0.492 e. The maximum Gasteiger partial charge on any atom is 0.314 e. The van der Waals surface area contributed by atoms with E-state index >= 15 is 0 Å². The van der Waals surface area contributed by atoms with Crippen LogP contribution in [-0.2, 0) is 6.42 Å². The Bertz CT molecular complexity index is 585. The Morgan fingerprint density at radius 3 is 2.55 bits per heavy atom. The minimum atomic E-state index is -0.163. The van der Waals surface area contributed by atoms with Gasteiger partial charge >= 0.3 is 6.03 Å². The number of ether oxygens (including phenoxy) is 1. The normalized spacial score (nSPS) is 10.0. The molecule has 4 nitrogen and oxygen atoms in total. The average molecular weight is 298 g/mol. The molecule has 116 valence electrons. The Kier molecular flexibility index (Phi) is 6.30. The Morgan fingerprint density at radius 2 is 1.77 bits per heavy atom. The molecule has 0 saturated carbocycles. The summed E-state index contributed by atoms with van der Waals surface area (Å²) in [6.07, 6.45) is 0.827. The van der Waals surface area contributed by atoms with Crippen LogP contribution in [0.15, 0.2) is 54.6 Å². The second-order valence-electron chi connectivity index (χ2n) is 5.08. The predicted molar refractivity (Wildman–Crippen MR) is 88.2 cm³/mol. The molecule has 0 saturated heterocycles. The van der Waals surface area contributed by atoms with E-state index in [2.05, 4.69) is 22.8 Å². The van der Waals surface area contributed by atoms with Crippen molar-refractivity contribution in [1.82, 2.24) is 10.6 Å². The fraction of sp³-hybridized carbons (Fsp3) is 0.278. The number of aryl methyl sites for hydroxylation is 1. The molecule has 0 heterocycles. The summed E-state index contributed by atoms with van der Waals surface area (Å²) in [6.45, 7) is 3.57. The van der Waals surface area contributed by atoms with Crippen molar-refractivity contribution in [1.29, 1.82) is 0 Å². The summed E-state index contributed by atoms with van der Waals surface area (Å²) in [6, 6.07) is 17.8. The Morgan fingerprint density at radius 1 is 1.00 bits per heavy atom. The number of hydrogen-bond acceptors (Lipinski definition) is 2. The molecule has 0 aliphatic rings. The van der Waals surface area contributed by atoms with Crippen LogP contribution in [0.1, 0.15) is 11.1 Å². The summed E-state index contributed by atoms with van der Waals surface area (Å²) in [5, 5.41) is 5.61. The fourth-order valence-corrected chi connectivity index (χ4v) is 2.07. The van der Waals surface area contributed by atoms with E-state index in [4.69, 9.17) is 4.74 Å². The van der Waals surface area contributed by atoms with Crippen molar-refractivity contribution in [2.24, 2.45) is 0 Å². The molecular formula is C18H22N2O2. The van der Waals surface area contributed by atoms with E-state index in [0.29, 0.717) is 19.7 Å². The number of carbonyl (C=O) groups excluding carboxylic acids is 1. The highest BCUT2D eigenvalue weighted by molar-refractivity contribution is 5.73. The van der Waals surface area contributed by atoms with Crippen LogP contribution in [0.4, 0.5) is 4.79 Å². The predicted octanol–water partition coefficient (Wildman–Crippen LogP) is 2.92. The van der Waals surface area contributed by atoms with Gasteiger partial charge in [0.25, 0.3) is 0 Å². The van der Waals surface area contributed by atoms with Gasteiger partial charge in [-0.3, -0.25) is 0 Å². The Hall–Kier alpha value is -2.49. The molecule has 2 aromatic carbocycles. The Labute approximate surface area is 131 Å². The molecule has 0 radical (unpaired) electrons. The molecule has 2 aromatic rings. The van der Waals surface area contributed by atoms with Gasteiger partial charge in [0, 0.05) is 6.54 Å². The second-order valence-corrected chi connectivity index (χ2v) is 5.08. The third-order valence-electron chi connectivity index (χ3n) is 3.19. The van der Waals surface area contributed by atoms with Gasteiger partial charge in [-0.05, 0) is 36.6 Å². The molecule has 0 aliphatic carbocycles. The highest BCUT2D eigenvalue weighted by Crippen LogP contribution is 2.11. The molecule has 0 atom stereocenters. The number of rotatable bonds is 7. The first kappa shape index (κ1) is 15.9. The van der Waals surface area contributed by atoms with Gasteiger partial charge in [-0.15, -0.1) is 0 Å². The van der Waals surface area contributed by atoms with Crippen LogP contribution in [0.5, 0.6) is 5.75 Å². The number of hydrogen-bond donors (Lipinski definition) is 2. The summed E-state index contributed by atoms with van der Waals surface area (Å²) in [7, 11) is 0. The molecule has 0 spiro atoms. The van der Waals surface area contributed by atoms with Gasteiger partial charge in [0.05, 0.1) is 6.54 Å². The third kappa shape index (κ3) is 5.87. The summed E-state index contributed by atoms with van der Waals surface area (Å²) in [4.78, 5) is 11.6. The topological polar surface area (TPSA) is 50.4 Å². The molecule has 22 heavy (non-hydrogen) atoms. The lowest BCUT2D eigenvalue weighted by Crippen LogP contribution is -2.38. The monoisotopic (exact) mass is 298 g/mol. The van der Waals surface area contributed by atoms with Crippen LogP contribution >= 0.6 is 0 Å². The summed E-state index contributed by atoms with van der Waals surface area (Å²) < 4.78 is 5.57. The van der Waals surface area contributed by atoms with Crippen LogP contribution in [0.2, 0.25) is 0 Å². The zero-order chi connectivity index (χ0) is 15.6. The molecule has 2 amide bonds. The number of benzene rings is 2. The van der Waals surface area contributed by atoms with Crippen molar-refractivity contribution < 1.29 is 9.53 Å².